The second kappa shape index (κ2) is 52.6. The number of H-pyrrole nitrogens is 2. The molecule has 586 valence electrons. The van der Waals surface area contributed by atoms with Crippen LogP contribution in [0.15, 0.2) is 121 Å². The largest absolute Gasteiger partial charge is 0.354 e. The molecule has 0 unspecified atom stereocenters. The van der Waals surface area contributed by atoms with E-state index in [1.165, 1.54) is 378 Å². The van der Waals surface area contributed by atoms with Crippen LogP contribution in [0.2, 0.25) is 0 Å². The van der Waals surface area contributed by atoms with Gasteiger partial charge in [-0.2, -0.15) is 0 Å². The van der Waals surface area contributed by atoms with Crippen LogP contribution in [0.4, 0.5) is 0 Å². The SMILES string of the molecule is CCCCCCCCCCCCCCCc1ccc(-c2c3nc(c(-c4ccc(CCCCCCCCCCCCCCC)cc4)c4ccc([nH]4)c(-c4ccc(CCCCCCCCCCCCCCC)cc4)c4nc(c(-c5ccc(CCCCCCCCCCCCCCC)cc5)c5ccc2[nH]5)C=C4)C=C3)cc1. The molecule has 0 fully saturated rings. The Morgan fingerprint density at radius 2 is 0.324 bits per heavy atom. The number of hydrogen-bond donors (Lipinski definition) is 2. The molecule has 4 aromatic carbocycles. The monoisotopic (exact) mass is 1460 g/mol. The summed E-state index contributed by atoms with van der Waals surface area (Å²) in [7, 11) is 0. The van der Waals surface area contributed by atoms with Crippen molar-refractivity contribution in [3.8, 4) is 44.5 Å². The van der Waals surface area contributed by atoms with Crippen LogP contribution in [0.5, 0.6) is 0 Å². The fraction of sp³-hybridized carbons (Fsp3) is 0.577. The van der Waals surface area contributed by atoms with E-state index in [-0.39, 0.29) is 0 Å². The molecule has 108 heavy (non-hydrogen) atoms. The Morgan fingerprint density at radius 3 is 0.481 bits per heavy atom. The topological polar surface area (TPSA) is 57.4 Å². The lowest BCUT2D eigenvalue weighted by atomic mass is 9.99. The van der Waals surface area contributed by atoms with Crippen molar-refractivity contribution in [2.45, 2.75) is 387 Å². The Labute approximate surface area is 660 Å². The fourth-order valence-corrected chi connectivity index (χ4v) is 17.2. The molecule has 2 aliphatic rings. The molecule has 0 atom stereocenters. The zero-order valence-corrected chi connectivity index (χ0v) is 69.3. The Hall–Kier alpha value is -6.52. The summed E-state index contributed by atoms with van der Waals surface area (Å²) in [6.45, 7) is 9.25. The van der Waals surface area contributed by atoms with Gasteiger partial charge in [-0.15, -0.1) is 0 Å². The summed E-state index contributed by atoms with van der Waals surface area (Å²) in [6.07, 6.45) is 85.1. The van der Waals surface area contributed by atoms with E-state index >= 15 is 0 Å². The molecule has 3 aromatic heterocycles. The number of aromatic amines is 2. The van der Waals surface area contributed by atoms with Gasteiger partial charge in [0.25, 0.3) is 0 Å². The van der Waals surface area contributed by atoms with Crippen molar-refractivity contribution in [3.05, 3.63) is 166 Å². The quantitative estimate of drug-likeness (QED) is 0.0373. The Kier molecular flexibility index (Phi) is 41.6. The van der Waals surface area contributed by atoms with Gasteiger partial charge in [0.05, 0.1) is 22.8 Å². The van der Waals surface area contributed by atoms with Crippen LogP contribution in [0, 0.1) is 0 Å². The van der Waals surface area contributed by atoms with Gasteiger partial charge in [-0.05, 0) is 144 Å². The van der Waals surface area contributed by atoms with E-state index in [9.17, 15) is 0 Å². The molecule has 5 heterocycles. The van der Waals surface area contributed by atoms with E-state index < -0.39 is 0 Å². The van der Waals surface area contributed by atoms with Crippen molar-refractivity contribution in [2.75, 3.05) is 0 Å². The first kappa shape index (κ1) is 85.5. The first-order chi connectivity index (χ1) is 53.5. The average Bonchev–Trinajstić information content (AvgIpc) is 1.61. The van der Waals surface area contributed by atoms with Gasteiger partial charge in [-0.1, -0.05) is 433 Å². The summed E-state index contributed by atoms with van der Waals surface area (Å²) < 4.78 is 0. The number of rotatable bonds is 60. The second-order valence-electron chi connectivity index (χ2n) is 33.3. The van der Waals surface area contributed by atoms with E-state index in [1.54, 1.807) is 0 Å². The summed E-state index contributed by atoms with van der Waals surface area (Å²) in [5.74, 6) is 0. The molecule has 0 spiro atoms. The molecular weight excluding hydrogens is 1310 g/mol. The minimum absolute atomic E-state index is 0.969. The van der Waals surface area contributed by atoms with Gasteiger partial charge in [0, 0.05) is 44.3 Å². The Balaban J connectivity index is 1.00. The molecule has 0 saturated heterocycles. The first-order valence-electron chi connectivity index (χ1n) is 46.1. The third-order valence-corrected chi connectivity index (χ3v) is 24.0. The highest BCUT2D eigenvalue weighted by Gasteiger charge is 2.20. The van der Waals surface area contributed by atoms with Crippen LogP contribution in [0.1, 0.15) is 407 Å². The smallest absolute Gasteiger partial charge is 0.0737 e. The number of benzene rings is 4. The normalized spacial score (nSPS) is 12.0. The predicted octanol–water partition coefficient (Wildman–Crippen LogP) is 33.9. The summed E-state index contributed by atoms with van der Waals surface area (Å²) in [6, 6.07) is 47.3. The Morgan fingerprint density at radius 1 is 0.176 bits per heavy atom. The molecule has 0 aliphatic carbocycles. The number of aromatic nitrogens is 4. The van der Waals surface area contributed by atoms with Gasteiger partial charge < -0.3 is 9.97 Å². The average molecular weight is 1460 g/mol. The van der Waals surface area contributed by atoms with Gasteiger partial charge in [-0.3, -0.25) is 0 Å². The van der Waals surface area contributed by atoms with Crippen molar-refractivity contribution in [1.82, 2.24) is 19.9 Å². The van der Waals surface area contributed by atoms with Gasteiger partial charge in [0.1, 0.15) is 0 Å². The molecule has 9 rings (SSSR count). The van der Waals surface area contributed by atoms with E-state index in [4.69, 9.17) is 9.97 Å². The summed E-state index contributed by atoms with van der Waals surface area (Å²) in [5.41, 5.74) is 22.9. The fourth-order valence-electron chi connectivity index (χ4n) is 17.2. The van der Waals surface area contributed by atoms with Crippen molar-refractivity contribution >= 4 is 46.4 Å². The molecule has 0 amide bonds. The summed E-state index contributed by atoms with van der Waals surface area (Å²) in [5, 5.41) is 0. The standard InChI is InChI=1S/C104H150N4/c1-5-9-13-17-21-25-29-33-37-41-45-49-53-57-85-61-69-89(70-62-85)101-93-77-79-95(105-93)102(90-71-63-86(64-72-90)58-54-50-46-42-38-34-30-26-22-18-14-10-6-2)97-81-83-99(107-97)104(92-75-67-88(68-76-92)60-56-52-48-44-40-36-32-28-24-20-16-12-8-4)100-84-82-98(108-100)103(96-80-78-94(101)106-96)91-73-65-87(66-74-91)59-55-51-47-43-39-35-31-27-23-19-15-11-7-3/h61-84,105,108H,5-60H2,1-4H3. The summed E-state index contributed by atoms with van der Waals surface area (Å²) >= 11 is 0. The second-order valence-corrected chi connectivity index (χ2v) is 33.3. The van der Waals surface area contributed by atoms with E-state index in [0.717, 1.165) is 92.8 Å². The molecule has 0 saturated carbocycles. The maximum Gasteiger partial charge on any atom is 0.0737 e. The van der Waals surface area contributed by atoms with Crippen LogP contribution in [-0.4, -0.2) is 19.9 Å². The maximum atomic E-state index is 5.78. The highest BCUT2D eigenvalue weighted by molar-refractivity contribution is 6.00. The maximum absolute atomic E-state index is 5.78. The molecule has 4 heteroatoms. The Bertz CT molecular complexity index is 3270. The van der Waals surface area contributed by atoms with Crippen molar-refractivity contribution in [3.63, 3.8) is 0 Å². The van der Waals surface area contributed by atoms with Crippen molar-refractivity contribution < 1.29 is 0 Å². The van der Waals surface area contributed by atoms with E-state index in [1.807, 2.05) is 0 Å². The number of fused-ring (bicyclic) bond motifs is 8. The van der Waals surface area contributed by atoms with Crippen LogP contribution in [-0.2, 0) is 25.7 Å². The summed E-state index contributed by atoms with van der Waals surface area (Å²) in [4.78, 5) is 19.7. The lowest BCUT2D eigenvalue weighted by molar-refractivity contribution is 0.539. The number of hydrogen-bond acceptors (Lipinski definition) is 2. The highest BCUT2D eigenvalue weighted by Crippen LogP contribution is 2.40. The first-order valence-corrected chi connectivity index (χ1v) is 46.1. The number of unbranched alkanes of at least 4 members (excludes halogenated alkanes) is 48. The van der Waals surface area contributed by atoms with Crippen molar-refractivity contribution in [2.24, 2.45) is 0 Å². The molecular formula is C104H150N4. The van der Waals surface area contributed by atoms with Crippen LogP contribution >= 0.6 is 0 Å². The van der Waals surface area contributed by atoms with Crippen LogP contribution in [0.25, 0.3) is 90.9 Å². The minimum atomic E-state index is 0.969. The molecule has 2 N–H and O–H groups in total. The molecule has 4 nitrogen and oxygen atoms in total. The number of aryl methyl sites for hydroxylation is 4. The van der Waals surface area contributed by atoms with Crippen LogP contribution in [0.3, 0.4) is 0 Å². The predicted molar refractivity (Wildman–Crippen MR) is 478 cm³/mol. The zero-order chi connectivity index (χ0) is 74.9. The van der Waals surface area contributed by atoms with Gasteiger partial charge >= 0.3 is 0 Å². The van der Waals surface area contributed by atoms with Crippen molar-refractivity contribution in [1.29, 1.82) is 0 Å². The lowest BCUT2D eigenvalue weighted by Gasteiger charge is -2.09. The third kappa shape index (κ3) is 30.6. The molecule has 7 aromatic rings. The zero-order valence-electron chi connectivity index (χ0n) is 69.3. The number of nitrogens with zero attached hydrogens (tertiary/aromatic N) is 2. The van der Waals surface area contributed by atoms with Gasteiger partial charge in [0.2, 0.25) is 0 Å². The highest BCUT2D eigenvalue weighted by atomic mass is 14.8. The van der Waals surface area contributed by atoms with E-state index in [0.29, 0.717) is 0 Å². The molecule has 8 bridgehead atoms. The third-order valence-electron chi connectivity index (χ3n) is 24.0. The van der Waals surface area contributed by atoms with Gasteiger partial charge in [-0.25, -0.2) is 9.97 Å². The lowest BCUT2D eigenvalue weighted by Crippen LogP contribution is -1.92. The number of nitrogens with one attached hydrogen (secondary N) is 2. The molecule has 2 aliphatic heterocycles. The van der Waals surface area contributed by atoms with Crippen LogP contribution < -0.4 is 0 Å². The van der Waals surface area contributed by atoms with Gasteiger partial charge in [0.15, 0.2) is 0 Å². The minimum Gasteiger partial charge on any atom is -0.354 e. The molecule has 0 radical (unpaired) electrons. The van der Waals surface area contributed by atoms with E-state index in [2.05, 4.69) is 183 Å².